The summed E-state index contributed by atoms with van der Waals surface area (Å²) in [6.45, 7) is 2.42. The van der Waals surface area contributed by atoms with E-state index in [0.717, 1.165) is 26.6 Å². The van der Waals surface area contributed by atoms with Gasteiger partial charge in [0.1, 0.15) is 11.5 Å². The number of nitrogens with zero attached hydrogens (tertiary/aromatic N) is 1. The van der Waals surface area contributed by atoms with Gasteiger partial charge in [0.25, 0.3) is 0 Å². The molecule has 4 aromatic rings. The number of ether oxygens (including phenoxy) is 2. The van der Waals surface area contributed by atoms with Gasteiger partial charge in [0.15, 0.2) is 0 Å². The number of para-hydroxylation sites is 1. The minimum Gasteiger partial charge on any atom is -0.461 e. The molecule has 0 saturated heterocycles. The molecule has 0 saturated carbocycles. The average Bonchev–Trinajstić information content (AvgIpc) is 3.31. The van der Waals surface area contributed by atoms with Crippen LogP contribution in [0.15, 0.2) is 47.8 Å². The Morgan fingerprint density at radius 3 is 2.74 bits per heavy atom. The molecule has 1 N–H and O–H groups in total. The average molecular weight is 440 g/mol. The minimum atomic E-state index is -0.592. The van der Waals surface area contributed by atoms with E-state index in [2.05, 4.69) is 10.1 Å². The Hall–Kier alpha value is -3.39. The number of hydrogen-bond donors (Lipinski definition) is 1. The molecule has 31 heavy (non-hydrogen) atoms. The molecule has 0 radical (unpaired) electrons. The van der Waals surface area contributed by atoms with Crippen molar-refractivity contribution >= 4 is 44.4 Å². The fraction of sp³-hybridized carbons (Fsp3) is 0.217. The molecule has 1 amide bonds. The number of alkyl carbamates (subject to hydrolysis) is 1. The van der Waals surface area contributed by atoms with Crippen LogP contribution in [-0.2, 0) is 22.6 Å². The van der Waals surface area contributed by atoms with E-state index >= 15 is 0 Å². The summed E-state index contributed by atoms with van der Waals surface area (Å²) in [5.41, 5.74) is 2.72. The van der Waals surface area contributed by atoms with Crippen LogP contribution in [0.1, 0.15) is 28.5 Å². The molecule has 0 spiro atoms. The molecule has 2 aromatic heterocycles. The second-order valence-electron chi connectivity index (χ2n) is 6.90. The third kappa shape index (κ3) is 3.98. The van der Waals surface area contributed by atoms with Crippen molar-refractivity contribution in [1.29, 1.82) is 0 Å². The number of rotatable bonds is 6. The van der Waals surface area contributed by atoms with Gasteiger partial charge in [-0.3, -0.25) is 0 Å². The van der Waals surface area contributed by atoms with Crippen molar-refractivity contribution < 1.29 is 23.5 Å². The minimum absolute atomic E-state index is 0.105. The van der Waals surface area contributed by atoms with E-state index in [1.54, 1.807) is 13.0 Å². The molecule has 0 bridgehead atoms. The van der Waals surface area contributed by atoms with Crippen LogP contribution in [0, 0.1) is 5.82 Å². The Balaban J connectivity index is 1.88. The molecular formula is C23H21FN2O4S. The zero-order valence-electron chi connectivity index (χ0n) is 17.1. The van der Waals surface area contributed by atoms with Crippen molar-refractivity contribution in [2.75, 3.05) is 13.7 Å². The smallest absolute Gasteiger partial charge is 0.407 e. The lowest BCUT2D eigenvalue weighted by Gasteiger charge is -2.12. The third-order valence-electron chi connectivity index (χ3n) is 5.08. The molecule has 2 heterocycles. The van der Waals surface area contributed by atoms with Crippen molar-refractivity contribution in [2.45, 2.75) is 20.0 Å². The number of benzene rings is 2. The van der Waals surface area contributed by atoms with Gasteiger partial charge in [0.2, 0.25) is 0 Å². The predicted octanol–water partition coefficient (Wildman–Crippen LogP) is 5.08. The number of aromatic nitrogens is 1. The Labute approximate surface area is 182 Å². The number of esters is 1. The summed E-state index contributed by atoms with van der Waals surface area (Å²) >= 11 is 1.53. The van der Waals surface area contributed by atoms with E-state index in [9.17, 15) is 14.0 Å². The van der Waals surface area contributed by atoms with Crippen molar-refractivity contribution in [2.24, 2.45) is 0 Å². The topological polar surface area (TPSA) is 69.6 Å². The van der Waals surface area contributed by atoms with Gasteiger partial charge in [0, 0.05) is 39.6 Å². The van der Waals surface area contributed by atoms with Crippen LogP contribution in [-0.4, -0.2) is 30.3 Å². The maximum atomic E-state index is 13.9. The molecule has 0 aliphatic carbocycles. The van der Waals surface area contributed by atoms with Crippen molar-refractivity contribution in [3.8, 4) is 0 Å². The number of carbonyl (C=O) groups is 2. The van der Waals surface area contributed by atoms with Crippen LogP contribution in [0.3, 0.4) is 0 Å². The highest BCUT2D eigenvalue weighted by Crippen LogP contribution is 2.32. The highest BCUT2D eigenvalue weighted by Gasteiger charge is 2.25. The van der Waals surface area contributed by atoms with Gasteiger partial charge in [-0.15, -0.1) is 11.3 Å². The molecule has 160 valence electrons. The number of thiophene rings is 1. The van der Waals surface area contributed by atoms with Gasteiger partial charge in [-0.05, 0) is 42.1 Å². The first-order chi connectivity index (χ1) is 15.0. The van der Waals surface area contributed by atoms with E-state index in [1.165, 1.54) is 30.6 Å². The Bertz CT molecular complexity index is 1280. The van der Waals surface area contributed by atoms with Gasteiger partial charge in [-0.25, -0.2) is 14.0 Å². The second kappa shape index (κ2) is 8.77. The molecule has 0 atom stereocenters. The number of halogens is 1. The Morgan fingerprint density at radius 1 is 1.16 bits per heavy atom. The lowest BCUT2D eigenvalue weighted by molar-refractivity contribution is 0.0513. The van der Waals surface area contributed by atoms with Crippen LogP contribution in [0.2, 0.25) is 0 Å². The van der Waals surface area contributed by atoms with Crippen LogP contribution in [0.25, 0.3) is 21.0 Å². The van der Waals surface area contributed by atoms with Gasteiger partial charge < -0.3 is 19.4 Å². The zero-order valence-corrected chi connectivity index (χ0v) is 17.9. The third-order valence-corrected chi connectivity index (χ3v) is 6.10. The summed E-state index contributed by atoms with van der Waals surface area (Å²) < 4.78 is 26.7. The van der Waals surface area contributed by atoms with Crippen LogP contribution in [0.4, 0.5) is 9.18 Å². The van der Waals surface area contributed by atoms with E-state index in [1.807, 2.05) is 34.2 Å². The second-order valence-corrected chi connectivity index (χ2v) is 7.81. The summed E-state index contributed by atoms with van der Waals surface area (Å²) in [7, 11) is 1.28. The number of methoxy groups -OCH3 is 1. The molecule has 0 aliphatic rings. The number of carbonyl (C=O) groups excluding carboxylic acids is 2. The largest absolute Gasteiger partial charge is 0.461 e. The quantitative estimate of drug-likeness (QED) is 0.425. The van der Waals surface area contributed by atoms with E-state index in [-0.39, 0.29) is 19.0 Å². The summed E-state index contributed by atoms with van der Waals surface area (Å²) in [6.07, 6.45) is -0.592. The molecule has 6 nitrogen and oxygen atoms in total. The molecule has 4 rings (SSSR count). The number of fused-ring (bicyclic) bond motifs is 2. The molecule has 2 aromatic carbocycles. The molecule has 0 fully saturated rings. The van der Waals surface area contributed by atoms with Gasteiger partial charge in [-0.2, -0.15) is 0 Å². The van der Waals surface area contributed by atoms with Gasteiger partial charge in [-0.1, -0.05) is 18.2 Å². The molecular weight excluding hydrogens is 419 g/mol. The summed E-state index contributed by atoms with van der Waals surface area (Å²) in [5, 5.41) is 6.27. The van der Waals surface area contributed by atoms with Crippen molar-refractivity contribution in [1.82, 2.24) is 9.88 Å². The lowest BCUT2D eigenvalue weighted by atomic mass is 10.1. The predicted molar refractivity (Wildman–Crippen MR) is 118 cm³/mol. The fourth-order valence-electron chi connectivity index (χ4n) is 3.73. The SMILES string of the molecule is CCOC(=O)c1c(CNC(=O)OC)c2ccccc2n1Cc1csc2ccc(F)cc12. The summed E-state index contributed by atoms with van der Waals surface area (Å²) in [4.78, 5) is 24.7. The van der Waals surface area contributed by atoms with E-state index in [4.69, 9.17) is 4.74 Å². The molecule has 8 heteroatoms. The molecule has 0 unspecified atom stereocenters. The maximum absolute atomic E-state index is 13.9. The van der Waals surface area contributed by atoms with Gasteiger partial charge in [0.05, 0.1) is 13.7 Å². The standard InChI is InChI=1S/C23H21FN2O4S/c1-3-30-22(27)21-18(11-25-23(28)29-2)16-6-4-5-7-19(16)26(21)12-14-13-31-20-9-8-15(24)10-17(14)20/h4-10,13H,3,11-12H2,1-2H3,(H,25,28). The normalized spacial score (nSPS) is 11.1. The first kappa shape index (κ1) is 20.9. The van der Waals surface area contributed by atoms with Gasteiger partial charge >= 0.3 is 12.1 Å². The Morgan fingerprint density at radius 2 is 1.97 bits per heavy atom. The molecule has 0 aliphatic heterocycles. The van der Waals surface area contributed by atoms with Crippen molar-refractivity contribution in [3.05, 3.63) is 70.5 Å². The summed E-state index contributed by atoms with van der Waals surface area (Å²) in [5.74, 6) is -0.788. The first-order valence-electron chi connectivity index (χ1n) is 9.78. The highest BCUT2D eigenvalue weighted by atomic mass is 32.1. The van der Waals surface area contributed by atoms with Crippen LogP contribution in [0.5, 0.6) is 0 Å². The number of hydrogen-bond acceptors (Lipinski definition) is 5. The maximum Gasteiger partial charge on any atom is 0.407 e. The first-order valence-corrected chi connectivity index (χ1v) is 10.7. The van der Waals surface area contributed by atoms with Crippen LogP contribution < -0.4 is 5.32 Å². The fourth-order valence-corrected chi connectivity index (χ4v) is 4.66. The van der Waals surface area contributed by atoms with Crippen LogP contribution >= 0.6 is 11.3 Å². The Kier molecular flexibility index (Phi) is 5.90. The number of amides is 1. The van der Waals surface area contributed by atoms with E-state index in [0.29, 0.717) is 17.8 Å². The summed E-state index contributed by atoms with van der Waals surface area (Å²) in [6, 6.07) is 12.3. The monoisotopic (exact) mass is 440 g/mol. The lowest BCUT2D eigenvalue weighted by Crippen LogP contribution is -2.24. The number of nitrogens with one attached hydrogen (secondary N) is 1. The zero-order chi connectivity index (χ0) is 22.0. The van der Waals surface area contributed by atoms with E-state index < -0.39 is 12.1 Å². The van der Waals surface area contributed by atoms with Crippen molar-refractivity contribution in [3.63, 3.8) is 0 Å². The highest BCUT2D eigenvalue weighted by molar-refractivity contribution is 7.17.